The van der Waals surface area contributed by atoms with E-state index in [9.17, 15) is 4.79 Å². The maximum Gasteiger partial charge on any atom is 0.224 e. The number of aryl methyl sites for hydroxylation is 1. The number of halogens is 1. The summed E-state index contributed by atoms with van der Waals surface area (Å²) in [6.45, 7) is 2.16. The van der Waals surface area contributed by atoms with E-state index in [0.29, 0.717) is 12.3 Å². The molecule has 0 aliphatic carbocycles. The number of aromatic nitrogens is 3. The summed E-state index contributed by atoms with van der Waals surface area (Å²) in [6.07, 6.45) is 5.62. The molecule has 1 aliphatic rings. The average Bonchev–Trinajstić information content (AvgIpc) is 3.01. The predicted octanol–water partition coefficient (Wildman–Crippen LogP) is 3.11. The van der Waals surface area contributed by atoms with Crippen molar-refractivity contribution in [2.45, 2.75) is 35.7 Å². The maximum absolute atomic E-state index is 12.1. The lowest BCUT2D eigenvalue weighted by Gasteiger charge is -2.22. The van der Waals surface area contributed by atoms with Gasteiger partial charge in [-0.15, -0.1) is 22.6 Å². The van der Waals surface area contributed by atoms with Crippen LogP contribution in [0.25, 0.3) is 0 Å². The predicted molar refractivity (Wildman–Crippen MR) is 102 cm³/mol. The zero-order chi connectivity index (χ0) is 16.8. The lowest BCUT2D eigenvalue weighted by Crippen LogP contribution is -2.28. The van der Waals surface area contributed by atoms with Gasteiger partial charge in [-0.2, -0.15) is 0 Å². The van der Waals surface area contributed by atoms with Gasteiger partial charge in [0.15, 0.2) is 5.16 Å². The van der Waals surface area contributed by atoms with Crippen LogP contribution in [0.4, 0.5) is 5.69 Å². The van der Waals surface area contributed by atoms with Crippen molar-refractivity contribution in [2.24, 2.45) is 13.0 Å². The summed E-state index contributed by atoms with van der Waals surface area (Å²) in [5, 5.41) is 15.1. The molecule has 25 heavy (non-hydrogen) atoms. The van der Waals surface area contributed by atoms with Crippen molar-refractivity contribution in [3.05, 3.63) is 30.6 Å². The summed E-state index contributed by atoms with van der Waals surface area (Å²) in [5.74, 6) is 0.782. The first-order valence-corrected chi connectivity index (χ1v) is 9.15. The number of amides is 1. The van der Waals surface area contributed by atoms with Crippen LogP contribution in [0.5, 0.6) is 0 Å². The summed E-state index contributed by atoms with van der Waals surface area (Å²) in [7, 11) is 1.92. The Balaban J connectivity index is 0.00000225. The van der Waals surface area contributed by atoms with Gasteiger partial charge in [-0.25, -0.2) is 0 Å². The quantitative estimate of drug-likeness (QED) is 0.804. The van der Waals surface area contributed by atoms with Crippen LogP contribution >= 0.6 is 24.2 Å². The van der Waals surface area contributed by atoms with Crippen LogP contribution in [0.15, 0.2) is 40.6 Å². The highest BCUT2D eigenvalue weighted by atomic mass is 35.5. The lowest BCUT2D eigenvalue weighted by molar-refractivity contribution is -0.116. The molecule has 0 bridgehead atoms. The molecule has 0 radical (unpaired) electrons. The van der Waals surface area contributed by atoms with E-state index in [1.165, 1.54) is 12.8 Å². The minimum Gasteiger partial charge on any atom is -0.326 e. The molecule has 1 saturated heterocycles. The van der Waals surface area contributed by atoms with Gasteiger partial charge < -0.3 is 15.2 Å². The van der Waals surface area contributed by atoms with Gasteiger partial charge in [0.25, 0.3) is 0 Å². The Labute approximate surface area is 158 Å². The van der Waals surface area contributed by atoms with E-state index in [1.54, 1.807) is 18.1 Å². The fourth-order valence-corrected chi connectivity index (χ4v) is 3.57. The van der Waals surface area contributed by atoms with Gasteiger partial charge in [-0.05, 0) is 74.3 Å². The third kappa shape index (κ3) is 6.02. The van der Waals surface area contributed by atoms with Crippen LogP contribution in [0, 0.1) is 5.92 Å². The van der Waals surface area contributed by atoms with E-state index < -0.39 is 0 Å². The van der Waals surface area contributed by atoms with Crippen molar-refractivity contribution in [2.75, 3.05) is 18.4 Å². The molecule has 0 atom stereocenters. The molecule has 1 amide bonds. The third-order valence-electron chi connectivity index (χ3n) is 4.26. The lowest BCUT2D eigenvalue weighted by atomic mass is 9.93. The minimum atomic E-state index is 0. The summed E-state index contributed by atoms with van der Waals surface area (Å²) in [5.41, 5.74) is 0.840. The molecule has 2 N–H and O–H groups in total. The number of hydrogen-bond acceptors (Lipinski definition) is 5. The Kier molecular flexibility index (Phi) is 7.74. The summed E-state index contributed by atoms with van der Waals surface area (Å²) in [6, 6.07) is 7.84. The molecular formula is C17H24ClN5OS. The molecule has 0 unspecified atom stereocenters. The van der Waals surface area contributed by atoms with E-state index in [1.807, 2.05) is 35.9 Å². The van der Waals surface area contributed by atoms with Crippen LogP contribution in [0.2, 0.25) is 0 Å². The van der Waals surface area contributed by atoms with Gasteiger partial charge in [0.05, 0.1) is 0 Å². The second-order valence-electron chi connectivity index (χ2n) is 6.13. The standard InChI is InChI=1S/C17H23N5OS.ClH/c1-22-12-19-21-17(22)24-15-5-3-14(4-6-15)20-16(23)7-2-13-8-10-18-11-9-13;/h3-6,12-13,18H,2,7-11H2,1H3,(H,20,23);1H. The SMILES string of the molecule is Cl.Cn1cnnc1Sc1ccc(NC(=O)CCC2CCNCC2)cc1. The Morgan fingerprint density at radius 3 is 2.68 bits per heavy atom. The Morgan fingerprint density at radius 1 is 1.32 bits per heavy atom. The van der Waals surface area contributed by atoms with E-state index in [2.05, 4.69) is 20.8 Å². The highest BCUT2D eigenvalue weighted by Crippen LogP contribution is 2.26. The molecule has 1 fully saturated rings. The average molecular weight is 382 g/mol. The zero-order valence-corrected chi connectivity index (χ0v) is 15.9. The maximum atomic E-state index is 12.1. The summed E-state index contributed by atoms with van der Waals surface area (Å²) >= 11 is 1.55. The smallest absolute Gasteiger partial charge is 0.224 e. The van der Waals surface area contributed by atoms with Crippen LogP contribution < -0.4 is 10.6 Å². The van der Waals surface area contributed by atoms with E-state index >= 15 is 0 Å². The number of rotatable bonds is 6. The van der Waals surface area contributed by atoms with Crippen molar-refractivity contribution in [3.8, 4) is 0 Å². The van der Waals surface area contributed by atoms with Gasteiger partial charge in [0, 0.05) is 24.1 Å². The molecule has 2 aromatic rings. The van der Waals surface area contributed by atoms with Crippen LogP contribution in [-0.4, -0.2) is 33.8 Å². The minimum absolute atomic E-state index is 0. The molecule has 0 spiro atoms. The number of piperidine rings is 1. The Bertz CT molecular complexity index is 670. The van der Waals surface area contributed by atoms with E-state index in [4.69, 9.17) is 0 Å². The van der Waals surface area contributed by atoms with Gasteiger partial charge >= 0.3 is 0 Å². The normalized spacial score (nSPS) is 14.8. The molecular weight excluding hydrogens is 358 g/mol. The molecule has 6 nitrogen and oxygen atoms in total. The van der Waals surface area contributed by atoms with Crippen molar-refractivity contribution in [1.82, 2.24) is 20.1 Å². The van der Waals surface area contributed by atoms with Crippen molar-refractivity contribution in [3.63, 3.8) is 0 Å². The fourth-order valence-electron chi connectivity index (χ4n) is 2.81. The fraction of sp³-hybridized carbons (Fsp3) is 0.471. The summed E-state index contributed by atoms with van der Waals surface area (Å²) < 4.78 is 1.88. The first-order chi connectivity index (χ1) is 11.7. The van der Waals surface area contributed by atoms with Gasteiger partial charge in [-0.1, -0.05) is 0 Å². The topological polar surface area (TPSA) is 71.8 Å². The zero-order valence-electron chi connectivity index (χ0n) is 14.3. The molecule has 2 heterocycles. The first kappa shape index (κ1) is 19.8. The molecule has 0 saturated carbocycles. The van der Waals surface area contributed by atoms with Crippen molar-refractivity contribution >= 4 is 35.8 Å². The molecule has 1 aromatic heterocycles. The third-order valence-corrected chi connectivity index (χ3v) is 5.32. The Hall–Kier alpha value is -1.57. The number of hydrogen-bond donors (Lipinski definition) is 2. The molecule has 8 heteroatoms. The Morgan fingerprint density at radius 2 is 2.04 bits per heavy atom. The largest absolute Gasteiger partial charge is 0.326 e. The second kappa shape index (κ2) is 9.79. The van der Waals surface area contributed by atoms with Gasteiger partial charge in [-0.3, -0.25) is 4.79 Å². The highest BCUT2D eigenvalue weighted by molar-refractivity contribution is 7.99. The van der Waals surface area contributed by atoms with Crippen LogP contribution in [-0.2, 0) is 11.8 Å². The number of benzene rings is 1. The second-order valence-corrected chi connectivity index (χ2v) is 7.17. The molecule has 1 aliphatic heterocycles. The number of nitrogens with one attached hydrogen (secondary N) is 2. The van der Waals surface area contributed by atoms with Crippen molar-refractivity contribution < 1.29 is 4.79 Å². The molecule has 136 valence electrons. The highest BCUT2D eigenvalue weighted by Gasteiger charge is 2.14. The van der Waals surface area contributed by atoms with Gasteiger partial charge in [0.2, 0.25) is 5.91 Å². The van der Waals surface area contributed by atoms with Crippen molar-refractivity contribution in [1.29, 1.82) is 0 Å². The van der Waals surface area contributed by atoms with Crippen LogP contribution in [0.3, 0.4) is 0 Å². The molecule has 3 rings (SSSR count). The number of anilines is 1. The van der Waals surface area contributed by atoms with Crippen LogP contribution in [0.1, 0.15) is 25.7 Å². The summed E-state index contributed by atoms with van der Waals surface area (Å²) in [4.78, 5) is 13.2. The number of carbonyl (C=O) groups is 1. The van der Waals surface area contributed by atoms with E-state index in [-0.39, 0.29) is 18.3 Å². The monoisotopic (exact) mass is 381 g/mol. The van der Waals surface area contributed by atoms with E-state index in [0.717, 1.165) is 35.2 Å². The van der Waals surface area contributed by atoms with Gasteiger partial charge in [0.1, 0.15) is 6.33 Å². The number of nitrogens with zero attached hydrogens (tertiary/aromatic N) is 3. The number of carbonyl (C=O) groups excluding carboxylic acids is 1. The first-order valence-electron chi connectivity index (χ1n) is 8.33. The molecule has 1 aromatic carbocycles.